The van der Waals surface area contributed by atoms with Gasteiger partial charge in [0.1, 0.15) is 5.82 Å². The van der Waals surface area contributed by atoms with Gasteiger partial charge in [-0.25, -0.2) is 13.6 Å². The van der Waals surface area contributed by atoms with Crippen molar-refractivity contribution in [1.82, 2.24) is 19.7 Å². The molecular weight excluding hydrogens is 411 g/mol. The van der Waals surface area contributed by atoms with Gasteiger partial charge < -0.3 is 10.2 Å². The monoisotopic (exact) mass is 423 g/mol. The lowest BCUT2D eigenvalue weighted by atomic mass is 10.1. The van der Waals surface area contributed by atoms with Crippen LogP contribution in [0.4, 0.5) is 19.3 Å². The highest BCUT2D eigenvalue weighted by atomic mass is 35.5. The van der Waals surface area contributed by atoms with Crippen LogP contribution in [0.15, 0.2) is 36.7 Å². The van der Waals surface area contributed by atoms with Gasteiger partial charge in [-0.2, -0.15) is 5.10 Å². The molecule has 10 heteroatoms. The van der Waals surface area contributed by atoms with E-state index < -0.39 is 11.6 Å². The van der Waals surface area contributed by atoms with E-state index in [0.29, 0.717) is 30.0 Å². The Hall–Kier alpha value is -2.71. The molecule has 0 radical (unpaired) electrons. The third-order valence-corrected chi connectivity index (χ3v) is 4.99. The average Bonchev–Trinajstić information content (AvgIpc) is 3.10. The number of pyridine rings is 1. The van der Waals surface area contributed by atoms with Crippen molar-refractivity contribution in [3.63, 3.8) is 0 Å². The number of nitrogens with one attached hydrogen (secondary N) is 1. The molecule has 4 rings (SSSR count). The number of aromatic nitrogens is 3. The molecule has 1 aliphatic heterocycles. The van der Waals surface area contributed by atoms with Gasteiger partial charge in [-0.05, 0) is 24.3 Å². The molecule has 2 amide bonds. The summed E-state index contributed by atoms with van der Waals surface area (Å²) in [6.45, 7) is 1.20. The summed E-state index contributed by atoms with van der Waals surface area (Å²) < 4.78 is 28.4. The lowest BCUT2D eigenvalue weighted by Gasteiger charge is -2.28. The van der Waals surface area contributed by atoms with Crippen LogP contribution in [0.2, 0.25) is 10.0 Å². The van der Waals surface area contributed by atoms with E-state index >= 15 is 0 Å². The standard InChI is InChI=1S/C18H13Cl2F2N5O/c19-12-5-10(1-2-14(12)21)25-18(28)26-3-4-27-17(9-26)11(7-24-27)16-6-13(20)15(22)8-23-16/h1-2,5-8H,3-4,9H2,(H,25,28). The zero-order valence-corrected chi connectivity index (χ0v) is 15.8. The maximum atomic E-state index is 13.4. The molecule has 144 valence electrons. The summed E-state index contributed by atoms with van der Waals surface area (Å²) in [6, 6.07) is 5.04. The fraction of sp³-hybridized carbons (Fsp3) is 0.167. The van der Waals surface area contributed by atoms with E-state index in [9.17, 15) is 13.6 Å². The number of halogens is 4. The summed E-state index contributed by atoms with van der Waals surface area (Å²) in [5.41, 5.74) is 2.29. The Bertz CT molecular complexity index is 1070. The number of urea groups is 1. The molecule has 0 atom stereocenters. The van der Waals surface area contributed by atoms with E-state index in [-0.39, 0.29) is 22.6 Å². The van der Waals surface area contributed by atoms with Crippen molar-refractivity contribution in [2.45, 2.75) is 13.1 Å². The molecule has 0 saturated carbocycles. The topological polar surface area (TPSA) is 63.1 Å². The lowest BCUT2D eigenvalue weighted by molar-refractivity contribution is 0.194. The van der Waals surface area contributed by atoms with E-state index in [4.69, 9.17) is 23.2 Å². The Balaban J connectivity index is 1.55. The van der Waals surface area contributed by atoms with Gasteiger partial charge in [0.15, 0.2) is 5.82 Å². The van der Waals surface area contributed by atoms with Crippen LogP contribution in [0.1, 0.15) is 5.69 Å². The Labute approximate surface area is 168 Å². The van der Waals surface area contributed by atoms with E-state index in [1.165, 1.54) is 24.3 Å². The molecule has 0 unspecified atom stereocenters. The van der Waals surface area contributed by atoms with Crippen molar-refractivity contribution in [3.8, 4) is 11.3 Å². The number of fused-ring (bicyclic) bond motifs is 1. The molecule has 3 heterocycles. The van der Waals surface area contributed by atoms with Crippen molar-refractivity contribution in [2.24, 2.45) is 0 Å². The van der Waals surface area contributed by atoms with Crippen molar-refractivity contribution in [1.29, 1.82) is 0 Å². The minimum atomic E-state index is -0.606. The number of hydrogen-bond acceptors (Lipinski definition) is 3. The van der Waals surface area contributed by atoms with Gasteiger partial charge in [0, 0.05) is 17.8 Å². The summed E-state index contributed by atoms with van der Waals surface area (Å²) in [6.07, 6.45) is 2.67. The van der Waals surface area contributed by atoms with E-state index in [1.807, 2.05) is 0 Å². The van der Waals surface area contributed by atoms with Crippen LogP contribution in [0.25, 0.3) is 11.3 Å². The molecule has 0 fully saturated rings. The number of anilines is 1. The summed E-state index contributed by atoms with van der Waals surface area (Å²) in [5, 5.41) is 6.89. The molecule has 3 aromatic rings. The smallest absolute Gasteiger partial charge is 0.317 e. The fourth-order valence-electron chi connectivity index (χ4n) is 2.97. The molecule has 6 nitrogen and oxygen atoms in total. The number of nitrogens with zero attached hydrogens (tertiary/aromatic N) is 4. The number of hydrogen-bond donors (Lipinski definition) is 1. The van der Waals surface area contributed by atoms with Gasteiger partial charge in [0.25, 0.3) is 0 Å². The highest BCUT2D eigenvalue weighted by Crippen LogP contribution is 2.28. The largest absolute Gasteiger partial charge is 0.322 e. The van der Waals surface area contributed by atoms with Crippen molar-refractivity contribution in [3.05, 3.63) is 64.0 Å². The predicted octanol–water partition coefficient (Wildman–Crippen LogP) is 4.58. The van der Waals surface area contributed by atoms with E-state index in [2.05, 4.69) is 15.4 Å². The quantitative estimate of drug-likeness (QED) is 0.655. The SMILES string of the molecule is O=C(Nc1ccc(F)c(Cl)c1)N1CCn2ncc(-c3cc(Cl)c(F)cn3)c2C1. The molecule has 1 aromatic carbocycles. The Morgan fingerprint density at radius 2 is 1.86 bits per heavy atom. The van der Waals surface area contributed by atoms with Crippen LogP contribution in [-0.4, -0.2) is 32.2 Å². The van der Waals surface area contributed by atoms with Crippen LogP contribution >= 0.6 is 23.2 Å². The second kappa shape index (κ2) is 7.37. The van der Waals surface area contributed by atoms with E-state index in [0.717, 1.165) is 11.9 Å². The van der Waals surface area contributed by atoms with Crippen LogP contribution in [0, 0.1) is 11.6 Å². The van der Waals surface area contributed by atoms with Crippen molar-refractivity contribution >= 4 is 34.9 Å². The first kappa shape index (κ1) is 18.6. The van der Waals surface area contributed by atoms with Crippen LogP contribution in [-0.2, 0) is 13.1 Å². The predicted molar refractivity (Wildman–Crippen MR) is 101 cm³/mol. The van der Waals surface area contributed by atoms with Gasteiger partial charge in [0.2, 0.25) is 0 Å². The van der Waals surface area contributed by atoms with Gasteiger partial charge in [-0.1, -0.05) is 23.2 Å². The first-order valence-corrected chi connectivity index (χ1v) is 9.05. The first-order chi connectivity index (χ1) is 13.4. The zero-order chi connectivity index (χ0) is 19.8. The highest BCUT2D eigenvalue weighted by molar-refractivity contribution is 6.31. The zero-order valence-electron chi connectivity index (χ0n) is 14.3. The molecule has 0 saturated heterocycles. The van der Waals surface area contributed by atoms with Gasteiger partial charge in [0.05, 0.1) is 46.9 Å². The fourth-order valence-corrected chi connectivity index (χ4v) is 3.30. The highest BCUT2D eigenvalue weighted by Gasteiger charge is 2.25. The summed E-state index contributed by atoms with van der Waals surface area (Å²) >= 11 is 11.6. The third kappa shape index (κ3) is 3.53. The molecule has 2 aromatic heterocycles. The molecule has 1 N–H and O–H groups in total. The lowest BCUT2D eigenvalue weighted by Crippen LogP contribution is -2.41. The maximum absolute atomic E-state index is 13.4. The minimum absolute atomic E-state index is 0.0384. The molecule has 0 spiro atoms. The maximum Gasteiger partial charge on any atom is 0.322 e. The summed E-state index contributed by atoms with van der Waals surface area (Å²) in [7, 11) is 0. The second-order valence-corrected chi connectivity index (χ2v) is 7.01. The Morgan fingerprint density at radius 1 is 1.07 bits per heavy atom. The normalized spacial score (nSPS) is 13.4. The number of carbonyl (C=O) groups excluding carboxylic acids is 1. The van der Waals surface area contributed by atoms with Crippen molar-refractivity contribution in [2.75, 3.05) is 11.9 Å². The third-order valence-electron chi connectivity index (χ3n) is 4.41. The van der Waals surface area contributed by atoms with Gasteiger partial charge in [-0.15, -0.1) is 0 Å². The van der Waals surface area contributed by atoms with Crippen LogP contribution in [0.3, 0.4) is 0 Å². The molecule has 0 bridgehead atoms. The van der Waals surface area contributed by atoms with Gasteiger partial charge >= 0.3 is 6.03 Å². The summed E-state index contributed by atoms with van der Waals surface area (Å²) in [4.78, 5) is 18.3. The number of amides is 2. The molecule has 1 aliphatic rings. The van der Waals surface area contributed by atoms with Crippen molar-refractivity contribution < 1.29 is 13.6 Å². The number of benzene rings is 1. The second-order valence-electron chi connectivity index (χ2n) is 6.19. The average molecular weight is 424 g/mol. The Morgan fingerprint density at radius 3 is 2.61 bits per heavy atom. The van der Waals surface area contributed by atoms with Crippen LogP contribution in [0.5, 0.6) is 0 Å². The molecule has 0 aliphatic carbocycles. The van der Waals surface area contributed by atoms with E-state index in [1.54, 1.807) is 15.8 Å². The van der Waals surface area contributed by atoms with Gasteiger partial charge in [-0.3, -0.25) is 9.67 Å². The molecule has 28 heavy (non-hydrogen) atoms. The minimum Gasteiger partial charge on any atom is -0.317 e. The Kier molecular flexibility index (Phi) is 4.91. The summed E-state index contributed by atoms with van der Waals surface area (Å²) in [5.74, 6) is -1.16. The molecular formula is C18H13Cl2F2N5O. The van der Waals surface area contributed by atoms with Crippen LogP contribution < -0.4 is 5.32 Å². The first-order valence-electron chi connectivity index (χ1n) is 8.29. The number of rotatable bonds is 2. The number of carbonyl (C=O) groups is 1.